The molecular formula is C21H26N6O4. The monoisotopic (exact) mass is 426 g/mol. The zero-order chi connectivity index (χ0) is 22.1. The number of hydrogen-bond donors (Lipinski definition) is 0. The van der Waals surface area contributed by atoms with Gasteiger partial charge in [0.2, 0.25) is 5.95 Å². The Balaban J connectivity index is 1.78. The van der Waals surface area contributed by atoms with E-state index in [0.29, 0.717) is 56.4 Å². The number of benzene rings is 1. The van der Waals surface area contributed by atoms with Gasteiger partial charge in [-0.2, -0.15) is 4.98 Å². The summed E-state index contributed by atoms with van der Waals surface area (Å²) in [6, 6.07) is 9.80. The Labute approximate surface area is 178 Å². The largest absolute Gasteiger partial charge is 0.450 e. The maximum atomic E-state index is 13.0. The molecule has 10 nitrogen and oxygen atoms in total. The van der Waals surface area contributed by atoms with Crippen molar-refractivity contribution >= 4 is 23.2 Å². The van der Waals surface area contributed by atoms with Gasteiger partial charge < -0.3 is 14.5 Å². The molecule has 3 aromatic rings. The molecule has 3 heterocycles. The fourth-order valence-electron chi connectivity index (χ4n) is 3.90. The van der Waals surface area contributed by atoms with Gasteiger partial charge in [-0.15, -0.1) is 0 Å². The number of nitrogens with zero attached hydrogens (tertiary/aromatic N) is 6. The molecule has 1 aromatic carbocycles. The van der Waals surface area contributed by atoms with Gasteiger partial charge in [0.25, 0.3) is 5.56 Å². The maximum Gasteiger partial charge on any atom is 0.409 e. The number of ether oxygens (including phenoxy) is 1. The van der Waals surface area contributed by atoms with Crippen molar-refractivity contribution in [3.8, 4) is 0 Å². The number of imidazole rings is 1. The first-order valence-electron chi connectivity index (χ1n) is 10.3. The molecule has 0 unspecified atom stereocenters. The maximum absolute atomic E-state index is 13.0. The van der Waals surface area contributed by atoms with Crippen LogP contribution >= 0.6 is 0 Å². The van der Waals surface area contributed by atoms with Gasteiger partial charge in [-0.1, -0.05) is 30.3 Å². The summed E-state index contributed by atoms with van der Waals surface area (Å²) in [4.78, 5) is 45.9. The van der Waals surface area contributed by atoms with Crippen molar-refractivity contribution in [3.63, 3.8) is 0 Å². The first-order valence-corrected chi connectivity index (χ1v) is 10.3. The van der Waals surface area contributed by atoms with Gasteiger partial charge in [0.05, 0.1) is 13.2 Å². The van der Waals surface area contributed by atoms with E-state index in [1.807, 2.05) is 39.8 Å². The number of carbonyl (C=O) groups excluding carboxylic acids is 1. The van der Waals surface area contributed by atoms with Crippen molar-refractivity contribution < 1.29 is 9.53 Å². The van der Waals surface area contributed by atoms with Crippen LogP contribution in [0.4, 0.5) is 10.7 Å². The molecule has 1 aliphatic rings. The highest BCUT2D eigenvalue weighted by Crippen LogP contribution is 2.22. The van der Waals surface area contributed by atoms with Gasteiger partial charge in [0.15, 0.2) is 11.2 Å². The van der Waals surface area contributed by atoms with E-state index in [9.17, 15) is 14.4 Å². The molecule has 1 amide bonds. The molecule has 0 spiro atoms. The average Bonchev–Trinajstić information content (AvgIpc) is 3.16. The molecule has 0 N–H and O–H groups in total. The molecule has 0 bridgehead atoms. The van der Waals surface area contributed by atoms with E-state index in [1.165, 1.54) is 11.6 Å². The Morgan fingerprint density at radius 1 is 1.03 bits per heavy atom. The number of rotatable bonds is 4. The molecule has 1 aliphatic heterocycles. The van der Waals surface area contributed by atoms with Crippen LogP contribution in [-0.4, -0.2) is 62.5 Å². The molecule has 4 rings (SSSR count). The summed E-state index contributed by atoms with van der Waals surface area (Å²) in [6.07, 6.45) is -0.323. The van der Waals surface area contributed by atoms with Crippen LogP contribution in [0.3, 0.4) is 0 Å². The minimum absolute atomic E-state index is 0.323. The van der Waals surface area contributed by atoms with Crippen molar-refractivity contribution in [1.82, 2.24) is 23.6 Å². The Morgan fingerprint density at radius 3 is 2.35 bits per heavy atom. The highest BCUT2D eigenvalue weighted by molar-refractivity contribution is 5.75. The first-order chi connectivity index (χ1) is 14.9. The van der Waals surface area contributed by atoms with Crippen molar-refractivity contribution in [2.24, 2.45) is 14.1 Å². The smallest absolute Gasteiger partial charge is 0.409 e. The fourth-order valence-corrected chi connectivity index (χ4v) is 3.90. The van der Waals surface area contributed by atoms with E-state index in [0.717, 1.165) is 10.1 Å². The van der Waals surface area contributed by atoms with E-state index in [2.05, 4.69) is 0 Å². The summed E-state index contributed by atoms with van der Waals surface area (Å²) >= 11 is 0. The Morgan fingerprint density at radius 2 is 1.71 bits per heavy atom. The first kappa shape index (κ1) is 20.7. The number of fused-ring (bicyclic) bond motifs is 1. The second-order valence-corrected chi connectivity index (χ2v) is 7.53. The summed E-state index contributed by atoms with van der Waals surface area (Å²) in [5, 5.41) is 0. The molecule has 1 fully saturated rings. The van der Waals surface area contributed by atoms with E-state index < -0.39 is 5.69 Å². The predicted octanol–water partition coefficient (Wildman–Crippen LogP) is 0.761. The lowest BCUT2D eigenvalue weighted by atomic mass is 10.2. The second-order valence-electron chi connectivity index (χ2n) is 7.53. The quantitative estimate of drug-likeness (QED) is 0.611. The number of amides is 1. The van der Waals surface area contributed by atoms with Crippen LogP contribution < -0.4 is 16.1 Å². The highest BCUT2D eigenvalue weighted by atomic mass is 16.6. The molecule has 2 aromatic heterocycles. The average molecular weight is 426 g/mol. The van der Waals surface area contributed by atoms with Gasteiger partial charge in [0, 0.05) is 40.3 Å². The van der Waals surface area contributed by atoms with Gasteiger partial charge in [-0.25, -0.2) is 9.59 Å². The second kappa shape index (κ2) is 8.29. The zero-order valence-corrected chi connectivity index (χ0v) is 17.9. The fraction of sp³-hybridized carbons (Fsp3) is 0.429. The minimum Gasteiger partial charge on any atom is -0.450 e. The lowest BCUT2D eigenvalue weighted by Crippen LogP contribution is -2.49. The normalized spacial score (nSPS) is 14.3. The van der Waals surface area contributed by atoms with Crippen molar-refractivity contribution in [3.05, 3.63) is 56.7 Å². The number of carbonyl (C=O) groups is 1. The van der Waals surface area contributed by atoms with Crippen LogP contribution in [0.1, 0.15) is 12.5 Å². The summed E-state index contributed by atoms with van der Waals surface area (Å²) in [5.74, 6) is 0.612. The van der Waals surface area contributed by atoms with Gasteiger partial charge in [-0.05, 0) is 12.5 Å². The summed E-state index contributed by atoms with van der Waals surface area (Å²) < 4.78 is 9.47. The van der Waals surface area contributed by atoms with Crippen LogP contribution in [0.2, 0.25) is 0 Å². The lowest BCUT2D eigenvalue weighted by molar-refractivity contribution is 0.105. The standard InChI is InChI=1S/C21H26N6O4/c1-4-31-21(30)26-12-10-25(11-13-26)19-22-17-16(18(28)24(3)20(29)23(17)2)27(19)14-15-8-6-5-7-9-15/h5-9H,4,10-14H2,1-3H3. The van der Waals surface area contributed by atoms with Crippen LogP contribution in [0.15, 0.2) is 39.9 Å². The zero-order valence-electron chi connectivity index (χ0n) is 17.9. The predicted molar refractivity (Wildman–Crippen MR) is 117 cm³/mol. The number of aryl methyl sites for hydroxylation is 1. The molecule has 31 heavy (non-hydrogen) atoms. The molecule has 0 aliphatic carbocycles. The number of anilines is 1. The van der Waals surface area contributed by atoms with E-state index >= 15 is 0 Å². The van der Waals surface area contributed by atoms with Crippen LogP contribution in [-0.2, 0) is 25.4 Å². The van der Waals surface area contributed by atoms with Gasteiger partial charge in [0.1, 0.15) is 0 Å². The van der Waals surface area contributed by atoms with E-state index in [4.69, 9.17) is 9.72 Å². The third kappa shape index (κ3) is 3.69. The molecule has 164 valence electrons. The van der Waals surface area contributed by atoms with Crippen molar-refractivity contribution in [1.29, 1.82) is 0 Å². The van der Waals surface area contributed by atoms with E-state index in [-0.39, 0.29) is 11.7 Å². The Kier molecular flexibility index (Phi) is 5.53. The molecule has 0 atom stereocenters. The Hall–Kier alpha value is -3.56. The summed E-state index contributed by atoms with van der Waals surface area (Å²) in [6.45, 7) is 4.64. The van der Waals surface area contributed by atoms with Gasteiger partial charge >= 0.3 is 11.8 Å². The van der Waals surface area contributed by atoms with Crippen LogP contribution in [0, 0.1) is 0 Å². The number of hydrogen-bond acceptors (Lipinski definition) is 6. The molecule has 0 saturated carbocycles. The Bertz CT molecular complexity index is 1220. The minimum atomic E-state index is -0.416. The van der Waals surface area contributed by atoms with Gasteiger partial charge in [-0.3, -0.25) is 18.5 Å². The van der Waals surface area contributed by atoms with E-state index in [1.54, 1.807) is 18.9 Å². The highest BCUT2D eigenvalue weighted by Gasteiger charge is 2.27. The molecule has 1 saturated heterocycles. The van der Waals surface area contributed by atoms with Crippen molar-refractivity contribution in [2.75, 3.05) is 37.7 Å². The molecular weight excluding hydrogens is 400 g/mol. The molecule has 0 radical (unpaired) electrons. The van der Waals surface area contributed by atoms with Crippen LogP contribution in [0.25, 0.3) is 11.2 Å². The SMILES string of the molecule is CCOC(=O)N1CCN(c2nc3c(c(=O)n(C)c(=O)n3C)n2Cc2ccccc2)CC1. The van der Waals surface area contributed by atoms with Crippen LogP contribution in [0.5, 0.6) is 0 Å². The number of aromatic nitrogens is 4. The third-order valence-electron chi connectivity index (χ3n) is 5.60. The third-order valence-corrected chi connectivity index (χ3v) is 5.60. The summed E-state index contributed by atoms with van der Waals surface area (Å²) in [5.41, 5.74) is 0.964. The molecule has 10 heteroatoms. The number of piperazine rings is 1. The topological polar surface area (TPSA) is 94.6 Å². The van der Waals surface area contributed by atoms with Crippen molar-refractivity contribution in [2.45, 2.75) is 13.5 Å². The lowest BCUT2D eigenvalue weighted by Gasteiger charge is -2.34. The summed E-state index contributed by atoms with van der Waals surface area (Å²) in [7, 11) is 3.09.